The third kappa shape index (κ3) is 4.87. The average Bonchev–Trinajstić information content (AvgIpc) is 2.76. The lowest BCUT2D eigenvalue weighted by Gasteiger charge is -2.56. The lowest BCUT2D eigenvalue weighted by molar-refractivity contribution is -0.137. The second-order valence-electron chi connectivity index (χ2n) is 9.70. The van der Waals surface area contributed by atoms with Gasteiger partial charge in [-0.1, -0.05) is 18.5 Å². The van der Waals surface area contributed by atoms with Crippen molar-refractivity contribution < 1.29 is 23.8 Å². The summed E-state index contributed by atoms with van der Waals surface area (Å²) in [6.45, 7) is 2.73. The molecule has 1 aromatic carbocycles. The minimum absolute atomic E-state index is 0.0107. The van der Waals surface area contributed by atoms with E-state index in [1.54, 1.807) is 0 Å². The summed E-state index contributed by atoms with van der Waals surface area (Å²) in [5.74, 6) is -0.190. The Bertz CT molecular complexity index is 867. The summed E-state index contributed by atoms with van der Waals surface area (Å²) >= 11 is 5.66. The molecule has 1 saturated heterocycles. The molecular formula is C23H31ClFN3O4. The molecule has 5 rings (SSSR count). The van der Waals surface area contributed by atoms with Gasteiger partial charge in [0.1, 0.15) is 11.6 Å². The zero-order valence-electron chi connectivity index (χ0n) is 18.3. The number of aliphatic hydroxyl groups is 1. The van der Waals surface area contributed by atoms with Gasteiger partial charge in [-0.15, -0.1) is 0 Å². The van der Waals surface area contributed by atoms with Crippen LogP contribution in [0.25, 0.3) is 0 Å². The van der Waals surface area contributed by atoms with E-state index in [1.807, 2.05) is 0 Å². The molecule has 1 aliphatic heterocycles. The Morgan fingerprint density at radius 3 is 2.62 bits per heavy atom. The van der Waals surface area contributed by atoms with Crippen molar-refractivity contribution in [2.24, 2.45) is 5.92 Å². The van der Waals surface area contributed by atoms with Gasteiger partial charge in [-0.2, -0.15) is 0 Å². The first-order valence-electron chi connectivity index (χ1n) is 11.3. The molecule has 9 heteroatoms. The number of rotatable bonds is 6. The van der Waals surface area contributed by atoms with Crippen molar-refractivity contribution in [2.45, 2.75) is 75.1 Å². The van der Waals surface area contributed by atoms with Gasteiger partial charge in [0.25, 0.3) is 5.91 Å². The molecule has 4 aliphatic rings. The van der Waals surface area contributed by atoms with Crippen LogP contribution in [0.1, 0.15) is 51.9 Å². The SMILES string of the molecule is CC1CCC(C(=O)NC23CCC(NC(=O)COc4ccc(Cl)c(F)c4)(CC2)C[C@@H]3O)NC1. The van der Waals surface area contributed by atoms with Gasteiger partial charge in [0.2, 0.25) is 5.91 Å². The molecule has 0 spiro atoms. The van der Waals surface area contributed by atoms with Crippen LogP contribution in [-0.4, -0.2) is 53.3 Å². The first-order valence-corrected chi connectivity index (χ1v) is 11.7. The van der Waals surface area contributed by atoms with Crippen molar-refractivity contribution in [1.29, 1.82) is 0 Å². The standard InChI is InChI=1S/C23H31ClFN3O4/c1-14-2-5-18(26-12-14)21(31)28-23-8-6-22(7-9-23,11-19(23)29)27-20(30)13-32-15-3-4-16(24)17(25)10-15/h3-4,10,14,18-19,26,29H,2,5-9,11-13H2,1H3,(H,27,30)(H,28,31)/t14?,18?,19-,22?,23?/m0/s1. The molecule has 3 aliphatic carbocycles. The Hall–Kier alpha value is -1.90. The highest BCUT2D eigenvalue weighted by Gasteiger charge is 2.55. The Kier molecular flexibility index (Phi) is 6.66. The molecule has 3 atom stereocenters. The molecule has 1 aromatic rings. The summed E-state index contributed by atoms with van der Waals surface area (Å²) in [7, 11) is 0. The van der Waals surface area contributed by atoms with Crippen LogP contribution < -0.4 is 20.7 Å². The Morgan fingerprint density at radius 1 is 1.25 bits per heavy atom. The number of ether oxygens (including phenoxy) is 1. The number of aliphatic hydroxyl groups excluding tert-OH is 1. The van der Waals surface area contributed by atoms with Gasteiger partial charge in [0.15, 0.2) is 6.61 Å². The smallest absolute Gasteiger partial charge is 0.258 e. The lowest BCUT2D eigenvalue weighted by Crippen LogP contribution is -2.71. The number of piperidine rings is 1. The van der Waals surface area contributed by atoms with Crippen LogP contribution in [0.4, 0.5) is 4.39 Å². The largest absolute Gasteiger partial charge is 0.484 e. The molecule has 2 bridgehead atoms. The number of benzene rings is 1. The third-order valence-electron chi connectivity index (χ3n) is 7.34. The lowest BCUT2D eigenvalue weighted by atomic mass is 9.59. The fraction of sp³-hybridized carbons (Fsp3) is 0.652. The van der Waals surface area contributed by atoms with Gasteiger partial charge < -0.3 is 25.8 Å². The normalized spacial score (nSPS) is 34.1. The van der Waals surface area contributed by atoms with Gasteiger partial charge in [-0.3, -0.25) is 9.59 Å². The van der Waals surface area contributed by atoms with Gasteiger partial charge in [0.05, 0.1) is 22.7 Å². The van der Waals surface area contributed by atoms with E-state index in [2.05, 4.69) is 22.9 Å². The Labute approximate surface area is 192 Å². The number of fused-ring (bicyclic) bond motifs is 3. The fourth-order valence-corrected chi connectivity index (χ4v) is 5.38. The molecule has 0 aromatic heterocycles. The molecular weight excluding hydrogens is 437 g/mol. The van der Waals surface area contributed by atoms with E-state index in [9.17, 15) is 19.1 Å². The minimum atomic E-state index is -0.733. The topological polar surface area (TPSA) is 99.7 Å². The number of amides is 2. The van der Waals surface area contributed by atoms with Crippen molar-refractivity contribution in [3.05, 3.63) is 29.0 Å². The summed E-state index contributed by atoms with van der Waals surface area (Å²) < 4.78 is 18.9. The zero-order valence-corrected chi connectivity index (χ0v) is 19.0. The third-order valence-corrected chi connectivity index (χ3v) is 7.64. The van der Waals surface area contributed by atoms with Crippen LogP contribution in [0.3, 0.4) is 0 Å². The number of halogens is 2. The van der Waals surface area contributed by atoms with Gasteiger partial charge in [-0.05, 0) is 69.5 Å². The molecule has 2 unspecified atom stereocenters. The van der Waals surface area contributed by atoms with Gasteiger partial charge >= 0.3 is 0 Å². The van der Waals surface area contributed by atoms with Crippen LogP contribution in [0, 0.1) is 11.7 Å². The second-order valence-corrected chi connectivity index (χ2v) is 10.1. The summed E-state index contributed by atoms with van der Waals surface area (Å²) in [4.78, 5) is 25.3. The molecule has 1 heterocycles. The molecule has 7 nitrogen and oxygen atoms in total. The number of hydrogen-bond donors (Lipinski definition) is 4. The summed E-state index contributed by atoms with van der Waals surface area (Å²) in [5.41, 5.74) is -1.15. The van der Waals surface area contributed by atoms with Crippen molar-refractivity contribution in [3.63, 3.8) is 0 Å². The van der Waals surface area contributed by atoms with Gasteiger partial charge in [0, 0.05) is 11.6 Å². The maximum atomic E-state index is 13.5. The predicted molar refractivity (Wildman–Crippen MR) is 118 cm³/mol. The van der Waals surface area contributed by atoms with Crippen molar-refractivity contribution >= 4 is 23.4 Å². The maximum Gasteiger partial charge on any atom is 0.258 e. The Morgan fingerprint density at radius 2 is 2.00 bits per heavy atom. The van der Waals surface area contributed by atoms with Crippen molar-refractivity contribution in [2.75, 3.05) is 13.2 Å². The van der Waals surface area contributed by atoms with Crippen LogP contribution >= 0.6 is 11.6 Å². The monoisotopic (exact) mass is 467 g/mol. The number of carbonyl (C=O) groups is 2. The van der Waals surface area contributed by atoms with E-state index in [0.29, 0.717) is 38.0 Å². The van der Waals surface area contributed by atoms with E-state index in [4.69, 9.17) is 16.3 Å². The van der Waals surface area contributed by atoms with Crippen LogP contribution in [0.15, 0.2) is 18.2 Å². The molecule has 176 valence electrons. The molecule has 4 N–H and O–H groups in total. The summed E-state index contributed by atoms with van der Waals surface area (Å²) in [6, 6.07) is 3.80. The second kappa shape index (κ2) is 9.15. The minimum Gasteiger partial charge on any atom is -0.484 e. The fourth-order valence-electron chi connectivity index (χ4n) is 5.26. The number of nitrogens with one attached hydrogen (secondary N) is 3. The van der Waals surface area contributed by atoms with Crippen LogP contribution in [0.5, 0.6) is 5.75 Å². The van der Waals surface area contributed by atoms with Crippen molar-refractivity contribution in [3.8, 4) is 5.75 Å². The van der Waals surface area contributed by atoms with Crippen molar-refractivity contribution in [1.82, 2.24) is 16.0 Å². The quantitative estimate of drug-likeness (QED) is 0.514. The van der Waals surface area contributed by atoms with Crippen LogP contribution in [-0.2, 0) is 9.59 Å². The summed E-state index contributed by atoms with van der Waals surface area (Å²) in [6.07, 6.45) is 4.00. The predicted octanol–water partition coefficient (Wildman–Crippen LogP) is 2.29. The first kappa shape index (κ1) is 23.3. The maximum absolute atomic E-state index is 13.5. The van der Waals surface area contributed by atoms with E-state index in [0.717, 1.165) is 25.5 Å². The molecule has 3 saturated carbocycles. The molecule has 32 heavy (non-hydrogen) atoms. The van der Waals surface area contributed by atoms with Gasteiger partial charge in [-0.25, -0.2) is 4.39 Å². The van der Waals surface area contributed by atoms with E-state index >= 15 is 0 Å². The molecule has 2 amide bonds. The average molecular weight is 468 g/mol. The van der Waals surface area contributed by atoms with E-state index in [-0.39, 0.29) is 35.2 Å². The van der Waals surface area contributed by atoms with Crippen LogP contribution in [0.2, 0.25) is 5.02 Å². The Balaban J connectivity index is 1.30. The summed E-state index contributed by atoms with van der Waals surface area (Å²) in [5, 5.41) is 20.4. The molecule has 4 fully saturated rings. The number of carbonyl (C=O) groups excluding carboxylic acids is 2. The van der Waals surface area contributed by atoms with E-state index < -0.39 is 23.0 Å². The molecule has 0 radical (unpaired) electrons. The highest BCUT2D eigenvalue weighted by Crippen LogP contribution is 2.47. The zero-order chi connectivity index (χ0) is 22.9. The van der Waals surface area contributed by atoms with E-state index in [1.165, 1.54) is 12.1 Å². The number of hydrogen-bond acceptors (Lipinski definition) is 5. The first-order chi connectivity index (χ1) is 15.2. The highest BCUT2D eigenvalue weighted by atomic mass is 35.5. The highest BCUT2D eigenvalue weighted by molar-refractivity contribution is 6.30.